The minimum Gasteiger partial charge on any atom is -0.310 e. The molecule has 0 fully saturated rings. The molecule has 0 aliphatic carbocycles. The second-order valence-electron chi connectivity index (χ2n) is 5.32. The van der Waals surface area contributed by atoms with Crippen molar-refractivity contribution in [3.63, 3.8) is 0 Å². The third-order valence-electron chi connectivity index (χ3n) is 3.54. The van der Waals surface area contributed by atoms with Gasteiger partial charge in [-0.2, -0.15) is 0 Å². The number of hydrogen-bond donors (Lipinski definition) is 1. The van der Waals surface area contributed by atoms with Gasteiger partial charge in [0, 0.05) is 11.1 Å². The molecule has 106 valence electrons. The summed E-state index contributed by atoms with van der Waals surface area (Å²) in [6, 6.07) is 15.3. The summed E-state index contributed by atoms with van der Waals surface area (Å²) in [5.74, 6) is 0. The molecule has 0 spiro atoms. The fourth-order valence-electron chi connectivity index (χ4n) is 2.41. The topological polar surface area (TPSA) is 12.0 Å². The van der Waals surface area contributed by atoms with Crippen LogP contribution in [0.15, 0.2) is 42.5 Å². The summed E-state index contributed by atoms with van der Waals surface area (Å²) < 4.78 is 0. The Bertz CT molecular complexity index is 560. The lowest BCUT2D eigenvalue weighted by Crippen LogP contribution is -2.23. The van der Waals surface area contributed by atoms with Gasteiger partial charge < -0.3 is 5.32 Å². The number of hydrogen-bond acceptors (Lipinski definition) is 1. The van der Waals surface area contributed by atoms with Gasteiger partial charge in [-0.05, 0) is 49.6 Å². The maximum absolute atomic E-state index is 6.41. The van der Waals surface area contributed by atoms with Gasteiger partial charge in [-0.1, -0.05) is 60.5 Å². The van der Waals surface area contributed by atoms with Crippen LogP contribution in [0.3, 0.4) is 0 Å². The largest absolute Gasteiger partial charge is 0.310 e. The predicted molar refractivity (Wildman–Crippen MR) is 87.5 cm³/mol. The van der Waals surface area contributed by atoms with Crippen LogP contribution in [0.2, 0.25) is 5.02 Å². The van der Waals surface area contributed by atoms with Gasteiger partial charge in [0.1, 0.15) is 0 Å². The van der Waals surface area contributed by atoms with E-state index in [0.29, 0.717) is 0 Å². The minimum atomic E-state index is 0.260. The molecule has 2 aromatic rings. The summed E-state index contributed by atoms with van der Waals surface area (Å²) in [5, 5.41) is 4.39. The number of aryl methyl sites for hydroxylation is 2. The Labute approximate surface area is 127 Å². The van der Waals surface area contributed by atoms with Crippen LogP contribution in [0.25, 0.3) is 0 Å². The molecule has 0 amide bonds. The summed E-state index contributed by atoms with van der Waals surface area (Å²) in [5.41, 5.74) is 5.00. The zero-order chi connectivity index (χ0) is 14.5. The van der Waals surface area contributed by atoms with Gasteiger partial charge >= 0.3 is 0 Å². The average Bonchev–Trinajstić information content (AvgIpc) is 2.41. The van der Waals surface area contributed by atoms with Crippen LogP contribution >= 0.6 is 11.6 Å². The second-order valence-corrected chi connectivity index (χ2v) is 5.73. The molecule has 2 heteroatoms. The van der Waals surface area contributed by atoms with Crippen molar-refractivity contribution in [3.8, 4) is 0 Å². The van der Waals surface area contributed by atoms with E-state index in [1.165, 1.54) is 22.3 Å². The zero-order valence-electron chi connectivity index (χ0n) is 12.4. The molecule has 0 saturated heterocycles. The van der Waals surface area contributed by atoms with E-state index in [2.05, 4.69) is 62.5 Å². The number of halogens is 1. The van der Waals surface area contributed by atoms with Crippen molar-refractivity contribution in [1.82, 2.24) is 5.32 Å². The standard InChI is InChI=1S/C18H22ClN/c1-4-20-18(12-15-8-5-13(2)6-9-15)16-10-7-14(3)11-17(16)19/h5-11,18,20H,4,12H2,1-3H3. The Morgan fingerprint density at radius 2 is 1.65 bits per heavy atom. The van der Waals surface area contributed by atoms with E-state index >= 15 is 0 Å². The van der Waals surface area contributed by atoms with E-state index in [9.17, 15) is 0 Å². The highest BCUT2D eigenvalue weighted by Gasteiger charge is 2.14. The first kappa shape index (κ1) is 15.1. The summed E-state index contributed by atoms with van der Waals surface area (Å²) in [7, 11) is 0. The quantitative estimate of drug-likeness (QED) is 0.829. The average molecular weight is 288 g/mol. The highest BCUT2D eigenvalue weighted by molar-refractivity contribution is 6.31. The van der Waals surface area contributed by atoms with Crippen molar-refractivity contribution in [2.24, 2.45) is 0 Å². The highest BCUT2D eigenvalue weighted by atomic mass is 35.5. The van der Waals surface area contributed by atoms with Crippen LogP contribution in [0.5, 0.6) is 0 Å². The normalized spacial score (nSPS) is 12.4. The van der Waals surface area contributed by atoms with Crippen molar-refractivity contribution < 1.29 is 0 Å². The lowest BCUT2D eigenvalue weighted by molar-refractivity contribution is 0.550. The molecular weight excluding hydrogens is 266 g/mol. The molecule has 0 aliphatic rings. The summed E-state index contributed by atoms with van der Waals surface area (Å²) in [4.78, 5) is 0. The van der Waals surface area contributed by atoms with Gasteiger partial charge in [-0.25, -0.2) is 0 Å². The van der Waals surface area contributed by atoms with E-state index < -0.39 is 0 Å². The molecule has 0 saturated carbocycles. The Balaban J connectivity index is 2.24. The molecule has 0 bridgehead atoms. The van der Waals surface area contributed by atoms with Crippen LogP contribution in [-0.4, -0.2) is 6.54 Å². The molecule has 20 heavy (non-hydrogen) atoms. The fraction of sp³-hybridized carbons (Fsp3) is 0.333. The first-order valence-electron chi connectivity index (χ1n) is 7.15. The van der Waals surface area contributed by atoms with Gasteiger partial charge in [-0.3, -0.25) is 0 Å². The fourth-order valence-corrected chi connectivity index (χ4v) is 2.78. The smallest absolute Gasteiger partial charge is 0.0456 e. The van der Waals surface area contributed by atoms with Crippen LogP contribution < -0.4 is 5.32 Å². The second kappa shape index (κ2) is 6.92. The van der Waals surface area contributed by atoms with E-state index in [4.69, 9.17) is 11.6 Å². The molecule has 1 atom stereocenters. The molecule has 2 aromatic carbocycles. The number of rotatable bonds is 5. The van der Waals surface area contributed by atoms with E-state index in [1.807, 2.05) is 6.07 Å². The van der Waals surface area contributed by atoms with Crippen LogP contribution in [-0.2, 0) is 6.42 Å². The molecule has 1 N–H and O–H groups in total. The molecular formula is C18H22ClN. The van der Waals surface area contributed by atoms with Gasteiger partial charge in [0.05, 0.1) is 0 Å². The maximum atomic E-state index is 6.41. The van der Waals surface area contributed by atoms with Gasteiger partial charge in [0.15, 0.2) is 0 Å². The first-order chi connectivity index (χ1) is 9.60. The van der Waals surface area contributed by atoms with Crippen molar-refractivity contribution in [2.45, 2.75) is 33.2 Å². The molecule has 0 aliphatic heterocycles. The third kappa shape index (κ3) is 3.84. The molecule has 2 rings (SSSR count). The third-order valence-corrected chi connectivity index (χ3v) is 3.87. The lowest BCUT2D eigenvalue weighted by atomic mass is 9.97. The van der Waals surface area contributed by atoms with Crippen molar-refractivity contribution in [1.29, 1.82) is 0 Å². The SMILES string of the molecule is CCNC(Cc1ccc(C)cc1)c1ccc(C)cc1Cl. The van der Waals surface area contributed by atoms with E-state index in [0.717, 1.165) is 18.0 Å². The van der Waals surface area contributed by atoms with Crippen molar-refractivity contribution in [2.75, 3.05) is 6.54 Å². The monoisotopic (exact) mass is 287 g/mol. The number of nitrogens with one attached hydrogen (secondary N) is 1. The minimum absolute atomic E-state index is 0.260. The molecule has 1 unspecified atom stereocenters. The molecule has 0 heterocycles. The predicted octanol–water partition coefficient (Wildman–Crippen LogP) is 4.85. The zero-order valence-corrected chi connectivity index (χ0v) is 13.2. The van der Waals surface area contributed by atoms with Crippen LogP contribution in [0.1, 0.15) is 35.2 Å². The Hall–Kier alpha value is -1.31. The maximum Gasteiger partial charge on any atom is 0.0456 e. The van der Waals surface area contributed by atoms with E-state index in [1.54, 1.807) is 0 Å². The van der Waals surface area contributed by atoms with E-state index in [-0.39, 0.29) is 6.04 Å². The molecule has 0 aromatic heterocycles. The van der Waals surface area contributed by atoms with Crippen LogP contribution in [0.4, 0.5) is 0 Å². The number of likely N-dealkylation sites (N-methyl/N-ethyl adjacent to an activating group) is 1. The first-order valence-corrected chi connectivity index (χ1v) is 7.53. The Morgan fingerprint density at radius 1 is 1.00 bits per heavy atom. The Morgan fingerprint density at radius 3 is 2.25 bits per heavy atom. The van der Waals surface area contributed by atoms with Gasteiger partial charge in [-0.15, -0.1) is 0 Å². The number of benzene rings is 2. The van der Waals surface area contributed by atoms with Crippen LogP contribution in [0, 0.1) is 13.8 Å². The summed E-state index contributed by atoms with van der Waals surface area (Å²) in [6.45, 7) is 7.24. The highest BCUT2D eigenvalue weighted by Crippen LogP contribution is 2.27. The lowest BCUT2D eigenvalue weighted by Gasteiger charge is -2.20. The molecule has 1 nitrogen and oxygen atoms in total. The van der Waals surface area contributed by atoms with Gasteiger partial charge in [0.2, 0.25) is 0 Å². The van der Waals surface area contributed by atoms with Gasteiger partial charge in [0.25, 0.3) is 0 Å². The molecule has 0 radical (unpaired) electrons. The Kier molecular flexibility index (Phi) is 5.22. The summed E-state index contributed by atoms with van der Waals surface area (Å²) >= 11 is 6.41. The van der Waals surface area contributed by atoms with Crippen molar-refractivity contribution >= 4 is 11.6 Å². The van der Waals surface area contributed by atoms with Crippen molar-refractivity contribution in [3.05, 3.63) is 69.7 Å². The summed E-state index contributed by atoms with van der Waals surface area (Å²) in [6.07, 6.45) is 0.955.